The van der Waals surface area contributed by atoms with E-state index < -0.39 is 5.97 Å². The van der Waals surface area contributed by atoms with E-state index in [0.29, 0.717) is 36.9 Å². The van der Waals surface area contributed by atoms with Crippen LogP contribution in [0.4, 0.5) is 5.82 Å². The third-order valence-corrected chi connectivity index (χ3v) is 5.36. The van der Waals surface area contributed by atoms with Gasteiger partial charge in [-0.2, -0.15) is 0 Å². The van der Waals surface area contributed by atoms with Gasteiger partial charge >= 0.3 is 5.97 Å². The summed E-state index contributed by atoms with van der Waals surface area (Å²) in [5.74, 6) is 1.96. The largest absolute Gasteiger partial charge is 0.496 e. The lowest BCUT2D eigenvalue weighted by atomic mass is 10.0. The van der Waals surface area contributed by atoms with Gasteiger partial charge in [0.25, 0.3) is 0 Å². The van der Waals surface area contributed by atoms with Crippen LogP contribution in [-0.4, -0.2) is 47.9 Å². The number of anilines is 1. The van der Waals surface area contributed by atoms with Crippen LogP contribution in [0.3, 0.4) is 0 Å². The monoisotopic (exact) mass is 435 g/mol. The number of aliphatic carboxylic acids is 1. The number of carbonyl (C=O) groups is 1. The van der Waals surface area contributed by atoms with E-state index in [4.69, 9.17) is 19.3 Å². The fourth-order valence-electron chi connectivity index (χ4n) is 3.72. The quantitative estimate of drug-likeness (QED) is 0.554. The van der Waals surface area contributed by atoms with E-state index in [0.717, 1.165) is 34.7 Å². The van der Waals surface area contributed by atoms with E-state index in [2.05, 4.69) is 21.4 Å². The maximum Gasteiger partial charge on any atom is 0.307 e. The molecule has 2 heterocycles. The highest BCUT2D eigenvalue weighted by Crippen LogP contribution is 2.35. The maximum atomic E-state index is 11.0. The second-order valence-corrected chi connectivity index (χ2v) is 7.44. The number of methoxy groups -OCH3 is 1. The predicted octanol–water partition coefficient (Wildman–Crippen LogP) is 3.51. The molecule has 0 fully saturated rings. The minimum Gasteiger partial charge on any atom is -0.496 e. The Balaban J connectivity index is 1.44. The summed E-state index contributed by atoms with van der Waals surface area (Å²) in [5, 5.41) is 12.4. The van der Waals surface area contributed by atoms with Crippen LogP contribution >= 0.6 is 0 Å². The highest BCUT2D eigenvalue weighted by Gasteiger charge is 2.16. The molecule has 0 saturated heterocycles. The molecule has 4 rings (SSSR count). The first-order valence-electron chi connectivity index (χ1n) is 10.4. The molecule has 0 radical (unpaired) electrons. The number of ether oxygens (including phenoxy) is 3. The lowest BCUT2D eigenvalue weighted by molar-refractivity contribution is -0.136. The molecule has 0 spiro atoms. The van der Waals surface area contributed by atoms with Crippen molar-refractivity contribution >= 4 is 11.8 Å². The molecule has 0 aliphatic carbocycles. The normalized spacial score (nSPS) is 12.3. The summed E-state index contributed by atoms with van der Waals surface area (Å²) >= 11 is 0. The van der Waals surface area contributed by atoms with Crippen LogP contribution in [0.5, 0.6) is 17.2 Å². The van der Waals surface area contributed by atoms with Gasteiger partial charge in [-0.15, -0.1) is 0 Å². The number of carboxylic acid groups (broad SMARTS) is 1. The van der Waals surface area contributed by atoms with E-state index in [1.807, 2.05) is 25.1 Å². The predicted molar refractivity (Wildman–Crippen MR) is 120 cm³/mol. The van der Waals surface area contributed by atoms with Gasteiger partial charge in [0.05, 0.1) is 19.2 Å². The third kappa shape index (κ3) is 4.74. The highest BCUT2D eigenvalue weighted by atomic mass is 16.6. The molecule has 0 amide bonds. The number of carboxylic acids is 1. The minimum atomic E-state index is -0.905. The topological polar surface area (TPSA) is 103 Å². The lowest BCUT2D eigenvalue weighted by Gasteiger charge is -2.21. The second kappa shape index (κ2) is 9.55. The van der Waals surface area contributed by atoms with Crippen molar-refractivity contribution in [2.45, 2.75) is 19.8 Å². The van der Waals surface area contributed by atoms with Gasteiger partial charge in [0.15, 0.2) is 11.5 Å². The number of fused-ring (bicyclic) bond motifs is 1. The third-order valence-electron chi connectivity index (χ3n) is 5.36. The number of nitrogens with zero attached hydrogens (tertiary/aromatic N) is 2. The van der Waals surface area contributed by atoms with Crippen molar-refractivity contribution in [3.05, 3.63) is 59.4 Å². The van der Waals surface area contributed by atoms with Crippen molar-refractivity contribution in [3.63, 3.8) is 0 Å². The van der Waals surface area contributed by atoms with E-state index >= 15 is 0 Å². The molecular weight excluding hydrogens is 410 g/mol. The molecule has 166 valence electrons. The molecule has 1 aromatic heterocycles. The number of benzene rings is 2. The molecule has 3 aromatic rings. The summed E-state index contributed by atoms with van der Waals surface area (Å²) < 4.78 is 16.8. The molecule has 0 unspecified atom stereocenters. The van der Waals surface area contributed by atoms with E-state index in [-0.39, 0.29) is 6.42 Å². The molecule has 2 aromatic carbocycles. The van der Waals surface area contributed by atoms with Gasteiger partial charge in [-0.3, -0.25) is 4.79 Å². The van der Waals surface area contributed by atoms with E-state index in [9.17, 15) is 4.79 Å². The summed E-state index contributed by atoms with van der Waals surface area (Å²) in [5.41, 5.74) is 4.45. The van der Waals surface area contributed by atoms with Crippen LogP contribution in [0.1, 0.15) is 16.7 Å². The van der Waals surface area contributed by atoms with Crippen LogP contribution in [0.25, 0.3) is 11.3 Å². The number of aromatic nitrogens is 2. The second-order valence-electron chi connectivity index (χ2n) is 7.44. The number of hydrogen-bond acceptors (Lipinski definition) is 7. The van der Waals surface area contributed by atoms with Crippen molar-refractivity contribution < 1.29 is 24.1 Å². The van der Waals surface area contributed by atoms with Crippen LogP contribution in [0.15, 0.2) is 42.7 Å². The van der Waals surface area contributed by atoms with Crippen LogP contribution < -0.4 is 19.5 Å². The molecular formula is C24H25N3O5. The number of hydrogen-bond donors (Lipinski definition) is 2. The Morgan fingerprint density at radius 2 is 1.94 bits per heavy atom. The Morgan fingerprint density at radius 1 is 1.12 bits per heavy atom. The summed E-state index contributed by atoms with van der Waals surface area (Å²) in [6.45, 7) is 3.89. The first kappa shape index (κ1) is 21.4. The molecule has 8 heteroatoms. The lowest BCUT2D eigenvalue weighted by Crippen LogP contribution is -2.17. The van der Waals surface area contributed by atoms with Crippen molar-refractivity contribution in [1.29, 1.82) is 0 Å². The Hall–Kier alpha value is -3.81. The van der Waals surface area contributed by atoms with Gasteiger partial charge < -0.3 is 24.6 Å². The Kier molecular flexibility index (Phi) is 6.39. The zero-order chi connectivity index (χ0) is 22.5. The van der Waals surface area contributed by atoms with Gasteiger partial charge in [-0.25, -0.2) is 9.97 Å². The van der Waals surface area contributed by atoms with Crippen LogP contribution in [0.2, 0.25) is 0 Å². The van der Waals surface area contributed by atoms with Crippen LogP contribution in [-0.2, 0) is 17.6 Å². The number of nitrogens with one attached hydrogen (secondary N) is 1. The van der Waals surface area contributed by atoms with Gasteiger partial charge in [-0.05, 0) is 36.6 Å². The standard InChI is InChI=1S/C24H25N3O5/c1-15-16(5-6-20-24(15)32-10-9-31-20)7-8-25-22-13-19(26-14-27-22)17-3-4-18(12-23(28)29)21(11-17)30-2/h3-6,11,13-14H,7-10,12H2,1-2H3,(H,28,29)(H,25,26,27). The molecule has 1 aliphatic heterocycles. The molecule has 2 N–H and O–H groups in total. The van der Waals surface area contributed by atoms with Crippen molar-refractivity contribution in [2.24, 2.45) is 0 Å². The summed E-state index contributed by atoms with van der Waals surface area (Å²) in [4.78, 5) is 19.7. The first-order chi connectivity index (χ1) is 15.5. The number of rotatable bonds is 8. The smallest absolute Gasteiger partial charge is 0.307 e. The first-order valence-corrected chi connectivity index (χ1v) is 10.4. The molecule has 8 nitrogen and oxygen atoms in total. The fourth-order valence-corrected chi connectivity index (χ4v) is 3.72. The summed E-state index contributed by atoms with van der Waals surface area (Å²) in [7, 11) is 1.53. The Labute approximate surface area is 186 Å². The highest BCUT2D eigenvalue weighted by molar-refractivity contribution is 5.73. The average molecular weight is 435 g/mol. The van der Waals surface area contributed by atoms with Gasteiger partial charge in [0.2, 0.25) is 0 Å². The molecule has 32 heavy (non-hydrogen) atoms. The zero-order valence-electron chi connectivity index (χ0n) is 18.1. The van der Waals surface area contributed by atoms with Crippen LogP contribution in [0, 0.1) is 6.92 Å². The Bertz CT molecular complexity index is 1130. The zero-order valence-corrected chi connectivity index (χ0v) is 18.1. The van der Waals surface area contributed by atoms with E-state index in [1.54, 1.807) is 12.1 Å². The van der Waals surface area contributed by atoms with Crippen molar-refractivity contribution in [1.82, 2.24) is 9.97 Å². The molecule has 0 saturated carbocycles. The summed E-state index contributed by atoms with van der Waals surface area (Å²) in [6, 6.07) is 11.3. The van der Waals surface area contributed by atoms with E-state index in [1.165, 1.54) is 19.0 Å². The fraction of sp³-hybridized carbons (Fsp3) is 0.292. The summed E-state index contributed by atoms with van der Waals surface area (Å²) in [6.07, 6.45) is 2.21. The van der Waals surface area contributed by atoms with Gasteiger partial charge in [0.1, 0.15) is 31.1 Å². The minimum absolute atomic E-state index is 0.0979. The van der Waals surface area contributed by atoms with Crippen molar-refractivity contribution in [3.8, 4) is 28.5 Å². The van der Waals surface area contributed by atoms with Gasteiger partial charge in [0, 0.05) is 23.7 Å². The Morgan fingerprint density at radius 3 is 2.75 bits per heavy atom. The maximum absolute atomic E-state index is 11.0. The van der Waals surface area contributed by atoms with Crippen molar-refractivity contribution in [2.75, 3.05) is 32.2 Å². The molecule has 0 atom stereocenters. The molecule has 1 aliphatic rings. The SMILES string of the molecule is COc1cc(-c2cc(NCCc3ccc4c(c3C)OCCO4)ncn2)ccc1CC(=O)O. The average Bonchev–Trinajstić information content (AvgIpc) is 2.81. The van der Waals surface area contributed by atoms with Gasteiger partial charge in [-0.1, -0.05) is 18.2 Å². The molecule has 0 bridgehead atoms.